The summed E-state index contributed by atoms with van der Waals surface area (Å²) in [7, 11) is 1.35. The van der Waals surface area contributed by atoms with E-state index in [0.29, 0.717) is 11.6 Å². The second kappa shape index (κ2) is 4.50. The molecule has 5 nitrogen and oxygen atoms in total. The largest absolute Gasteiger partial charge is 0.391 e. The number of hydrogen-bond donors (Lipinski definition) is 1. The minimum Gasteiger partial charge on any atom is -0.391 e. The van der Waals surface area contributed by atoms with Gasteiger partial charge in [0.25, 0.3) is 0 Å². The molecule has 0 spiro atoms. The second-order valence-corrected chi connectivity index (χ2v) is 3.85. The fraction of sp³-hybridized carbons (Fsp3) is 0.571. The number of nitrogens with zero attached hydrogens (tertiary/aromatic N) is 2. The summed E-state index contributed by atoms with van der Waals surface area (Å²) in [6, 6.07) is 1.60. The molecular weight excluding hydrogens is 192 g/mol. The first-order valence-corrected chi connectivity index (χ1v) is 4.88. The molecule has 0 saturated carbocycles. The first kappa shape index (κ1) is 10.4. The van der Waals surface area contributed by atoms with Gasteiger partial charge < -0.3 is 5.11 Å². The Hall–Kier alpha value is -0.720. The third-order valence-corrected chi connectivity index (χ3v) is 2.25. The lowest BCUT2D eigenvalue weighted by molar-refractivity contribution is 0.168. The summed E-state index contributed by atoms with van der Waals surface area (Å²) in [6.07, 6.45) is 1.18. The van der Waals surface area contributed by atoms with Crippen LogP contribution in [0.5, 0.6) is 0 Å². The maximum absolute atomic E-state index is 11.1. The molecule has 1 heterocycles. The van der Waals surface area contributed by atoms with E-state index in [1.165, 1.54) is 11.8 Å². The average Bonchev–Trinajstić information content (AvgIpc) is 2.50. The Bertz CT molecular complexity index is 298. The minimum absolute atomic E-state index is 0.364. The van der Waals surface area contributed by atoms with Gasteiger partial charge in [-0.3, -0.25) is 8.86 Å². The van der Waals surface area contributed by atoms with Crippen LogP contribution in [-0.2, 0) is 21.8 Å². The number of aliphatic hydroxyl groups is 1. The molecule has 1 unspecified atom stereocenters. The second-order valence-electron chi connectivity index (χ2n) is 2.63. The van der Waals surface area contributed by atoms with E-state index in [1.807, 2.05) is 0 Å². The molecule has 0 radical (unpaired) electrons. The van der Waals surface area contributed by atoms with E-state index in [0.717, 1.165) is 0 Å². The van der Waals surface area contributed by atoms with E-state index in [-0.39, 0.29) is 0 Å². The normalized spacial score (nSPS) is 15.6. The predicted octanol–water partition coefficient (Wildman–Crippen LogP) is -0.0671. The highest BCUT2D eigenvalue weighted by Crippen LogP contribution is 2.03. The monoisotopic (exact) mass is 204 g/mol. The molecule has 6 heteroatoms. The minimum atomic E-state index is -1.50. The van der Waals surface area contributed by atoms with Crippen molar-refractivity contribution in [2.45, 2.75) is 24.6 Å². The van der Waals surface area contributed by atoms with Crippen molar-refractivity contribution in [1.29, 1.82) is 0 Å². The molecule has 0 bridgehead atoms. The fourth-order valence-corrected chi connectivity index (χ4v) is 1.40. The lowest BCUT2D eigenvalue weighted by Gasteiger charge is -2.02. The maximum Gasteiger partial charge on any atom is 0.209 e. The van der Waals surface area contributed by atoms with Crippen molar-refractivity contribution < 1.29 is 13.5 Å². The van der Waals surface area contributed by atoms with Gasteiger partial charge in [0.05, 0.1) is 19.8 Å². The van der Waals surface area contributed by atoms with Gasteiger partial charge in [0.2, 0.25) is 11.1 Å². The summed E-state index contributed by atoms with van der Waals surface area (Å²) in [6.45, 7) is 2.05. The zero-order valence-corrected chi connectivity index (χ0v) is 8.32. The van der Waals surface area contributed by atoms with Gasteiger partial charge in [0.15, 0.2) is 5.03 Å². The highest BCUT2D eigenvalue weighted by Gasteiger charge is 2.07. The molecule has 0 saturated heterocycles. The summed E-state index contributed by atoms with van der Waals surface area (Å²) < 4.78 is 17.2. The van der Waals surface area contributed by atoms with E-state index >= 15 is 0 Å². The Morgan fingerprint density at radius 3 is 3.08 bits per heavy atom. The molecule has 13 heavy (non-hydrogen) atoms. The molecule has 0 aliphatic carbocycles. The first-order valence-electron chi connectivity index (χ1n) is 3.81. The molecule has 0 fully saturated rings. The van der Waals surface area contributed by atoms with E-state index in [2.05, 4.69) is 9.28 Å². The third kappa shape index (κ3) is 2.91. The van der Waals surface area contributed by atoms with Crippen molar-refractivity contribution in [3.8, 4) is 0 Å². The van der Waals surface area contributed by atoms with Gasteiger partial charge in [-0.2, -0.15) is 5.10 Å². The fourth-order valence-electron chi connectivity index (χ4n) is 0.890. The molecule has 1 N–H and O–H groups in total. The zero-order chi connectivity index (χ0) is 9.84. The van der Waals surface area contributed by atoms with Crippen molar-refractivity contribution in [3.05, 3.63) is 12.3 Å². The van der Waals surface area contributed by atoms with Crippen molar-refractivity contribution in [2.75, 3.05) is 7.11 Å². The number of aromatic nitrogens is 2. The maximum atomic E-state index is 11.1. The highest BCUT2D eigenvalue weighted by atomic mass is 32.2. The molecule has 1 aromatic rings. The van der Waals surface area contributed by atoms with Gasteiger partial charge in [-0.25, -0.2) is 4.21 Å². The van der Waals surface area contributed by atoms with Crippen molar-refractivity contribution >= 4 is 11.1 Å². The first-order chi connectivity index (χ1) is 6.13. The van der Waals surface area contributed by atoms with E-state index in [9.17, 15) is 4.21 Å². The summed E-state index contributed by atoms with van der Waals surface area (Å²) in [5, 5.41) is 13.4. The van der Waals surface area contributed by atoms with Crippen LogP contribution in [0, 0.1) is 0 Å². The Balaban J connectivity index is 2.69. The zero-order valence-electron chi connectivity index (χ0n) is 7.51. The van der Waals surface area contributed by atoms with Crippen LogP contribution in [0.25, 0.3) is 0 Å². The van der Waals surface area contributed by atoms with Crippen LogP contribution < -0.4 is 0 Å². The van der Waals surface area contributed by atoms with Gasteiger partial charge in [0.1, 0.15) is 0 Å². The van der Waals surface area contributed by atoms with Gasteiger partial charge >= 0.3 is 0 Å². The van der Waals surface area contributed by atoms with Crippen LogP contribution in [0.15, 0.2) is 17.3 Å². The Labute approximate surface area is 79.0 Å². The molecular formula is C7H12N2O3S. The average molecular weight is 204 g/mol. The molecule has 74 valence electrons. The predicted molar refractivity (Wildman–Crippen MR) is 47.3 cm³/mol. The highest BCUT2D eigenvalue weighted by molar-refractivity contribution is 7.80. The molecule has 0 aliphatic heterocycles. The van der Waals surface area contributed by atoms with Crippen LogP contribution in [0.3, 0.4) is 0 Å². The van der Waals surface area contributed by atoms with E-state index in [1.54, 1.807) is 19.2 Å². The Morgan fingerprint density at radius 2 is 2.54 bits per heavy atom. The van der Waals surface area contributed by atoms with Gasteiger partial charge in [-0.15, -0.1) is 0 Å². The lowest BCUT2D eigenvalue weighted by atomic mass is 10.4. The number of rotatable bonds is 4. The molecule has 0 aromatic carbocycles. The van der Waals surface area contributed by atoms with Crippen molar-refractivity contribution in [1.82, 2.24) is 9.78 Å². The van der Waals surface area contributed by atoms with Gasteiger partial charge in [-0.1, -0.05) is 0 Å². The molecule has 1 rings (SSSR count). The van der Waals surface area contributed by atoms with Crippen LogP contribution in [-0.4, -0.2) is 32.3 Å². The van der Waals surface area contributed by atoms with Gasteiger partial charge in [0, 0.05) is 6.20 Å². The standard InChI is InChI=1S/C7H12N2O3S/c1-6(10)5-9-4-3-7(8-9)13(11)12-2/h3-4,6,10H,5H2,1-2H3/t6-,13?/m1/s1. The topological polar surface area (TPSA) is 64.3 Å². The summed E-state index contributed by atoms with van der Waals surface area (Å²) in [4.78, 5) is 0. The molecule has 2 atom stereocenters. The van der Waals surface area contributed by atoms with Crippen LogP contribution in [0.2, 0.25) is 0 Å². The summed E-state index contributed by atoms with van der Waals surface area (Å²) >= 11 is -1.50. The van der Waals surface area contributed by atoms with Crippen LogP contribution in [0.4, 0.5) is 0 Å². The smallest absolute Gasteiger partial charge is 0.209 e. The third-order valence-electron chi connectivity index (χ3n) is 1.39. The lowest BCUT2D eigenvalue weighted by Crippen LogP contribution is -2.12. The van der Waals surface area contributed by atoms with E-state index in [4.69, 9.17) is 5.11 Å². The number of aliphatic hydroxyl groups excluding tert-OH is 1. The Kier molecular flexibility index (Phi) is 3.58. The number of hydrogen-bond acceptors (Lipinski definition) is 4. The van der Waals surface area contributed by atoms with Gasteiger partial charge in [-0.05, 0) is 13.0 Å². The van der Waals surface area contributed by atoms with Crippen LogP contribution in [0.1, 0.15) is 6.92 Å². The summed E-state index contributed by atoms with van der Waals surface area (Å²) in [5.74, 6) is 0. The molecule has 1 aromatic heterocycles. The Morgan fingerprint density at radius 1 is 1.85 bits per heavy atom. The summed E-state index contributed by atoms with van der Waals surface area (Å²) in [5.41, 5.74) is 0. The quantitative estimate of drug-likeness (QED) is 0.745. The van der Waals surface area contributed by atoms with Crippen LogP contribution >= 0.6 is 0 Å². The van der Waals surface area contributed by atoms with Crippen molar-refractivity contribution in [3.63, 3.8) is 0 Å². The van der Waals surface area contributed by atoms with Crippen molar-refractivity contribution in [2.24, 2.45) is 0 Å². The van der Waals surface area contributed by atoms with E-state index < -0.39 is 17.2 Å². The molecule has 0 aliphatic rings. The molecule has 0 amide bonds. The SMILES string of the molecule is COS(=O)c1ccn(C[C@@H](C)O)n1.